The molecule has 31 heavy (non-hydrogen) atoms. The lowest BCUT2D eigenvalue weighted by molar-refractivity contribution is -0.139. The molecule has 3 rings (SSSR count). The van der Waals surface area contributed by atoms with Crippen molar-refractivity contribution in [3.8, 4) is 5.75 Å². The third-order valence-electron chi connectivity index (χ3n) is 5.39. The summed E-state index contributed by atoms with van der Waals surface area (Å²) in [4.78, 5) is 26.5. The number of halogens is 3. The Morgan fingerprint density at radius 1 is 1.06 bits per heavy atom. The van der Waals surface area contributed by atoms with Crippen LogP contribution in [0.2, 0.25) is 0 Å². The van der Waals surface area contributed by atoms with Crippen molar-refractivity contribution >= 4 is 12.0 Å². The summed E-state index contributed by atoms with van der Waals surface area (Å²) in [6, 6.07) is 4.99. The first-order valence-corrected chi connectivity index (χ1v) is 10.3. The molecule has 2 aliphatic rings. The summed E-state index contributed by atoms with van der Waals surface area (Å²) in [6.45, 7) is 9.62. The number of nitrogens with zero attached hydrogens (tertiary/aromatic N) is 1. The van der Waals surface area contributed by atoms with Gasteiger partial charge in [-0.05, 0) is 58.6 Å². The average molecular weight is 442 g/mol. The lowest BCUT2D eigenvalue weighted by Gasteiger charge is -2.28. The van der Waals surface area contributed by atoms with Gasteiger partial charge in [0, 0.05) is 19.0 Å². The Bertz CT molecular complexity index is 836. The predicted octanol–water partition coefficient (Wildman–Crippen LogP) is 4.09. The van der Waals surface area contributed by atoms with Gasteiger partial charge in [-0.1, -0.05) is 12.1 Å². The topological polar surface area (TPSA) is 67.9 Å². The van der Waals surface area contributed by atoms with Crippen molar-refractivity contribution in [2.24, 2.45) is 17.8 Å². The number of hydrogen-bond donors (Lipinski definition) is 1. The van der Waals surface area contributed by atoms with Crippen LogP contribution in [-0.2, 0) is 15.7 Å². The Morgan fingerprint density at radius 2 is 1.65 bits per heavy atom. The van der Waals surface area contributed by atoms with Crippen molar-refractivity contribution in [3.05, 3.63) is 29.8 Å². The summed E-state index contributed by atoms with van der Waals surface area (Å²) in [5, 5.41) is 2.88. The van der Waals surface area contributed by atoms with Crippen LogP contribution >= 0.6 is 0 Å². The Balaban J connectivity index is 1.51. The van der Waals surface area contributed by atoms with E-state index in [1.165, 1.54) is 18.2 Å². The van der Waals surface area contributed by atoms with Crippen LogP contribution in [0.5, 0.6) is 5.75 Å². The molecule has 1 aliphatic heterocycles. The lowest BCUT2D eigenvalue weighted by Crippen LogP contribution is -2.49. The normalized spacial score (nSPS) is 23.2. The molecule has 172 valence electrons. The van der Waals surface area contributed by atoms with Crippen LogP contribution < -0.4 is 10.1 Å². The van der Waals surface area contributed by atoms with Crippen LogP contribution in [-0.4, -0.2) is 47.7 Å². The smallest absolute Gasteiger partial charge is 0.419 e. The van der Waals surface area contributed by atoms with E-state index in [1.54, 1.807) is 39.5 Å². The van der Waals surface area contributed by atoms with E-state index in [9.17, 15) is 22.8 Å². The second kappa shape index (κ2) is 7.91. The standard InChI is InChI=1S/C22H29F3N2O4/c1-20(2,3)31-19(29)27-10-13-14(11-27)17(13)18(28)26-21(4,5)12-30-16-9-7-6-8-15(16)22(23,24)25/h6-9,13-14,17H,10-12H2,1-5H3,(H,26,28). The molecule has 2 amide bonds. The van der Waals surface area contributed by atoms with E-state index in [2.05, 4.69) is 5.32 Å². The number of ether oxygens (including phenoxy) is 2. The molecule has 1 saturated carbocycles. The van der Waals surface area contributed by atoms with Gasteiger partial charge in [0.15, 0.2) is 0 Å². The molecule has 2 fully saturated rings. The van der Waals surface area contributed by atoms with E-state index in [-0.39, 0.29) is 42.1 Å². The summed E-state index contributed by atoms with van der Waals surface area (Å²) in [5.41, 5.74) is -2.29. The highest BCUT2D eigenvalue weighted by atomic mass is 19.4. The fraction of sp³-hybridized carbons (Fsp3) is 0.636. The number of para-hydroxylation sites is 1. The van der Waals surface area contributed by atoms with Crippen molar-refractivity contribution in [2.45, 2.75) is 51.9 Å². The number of alkyl halides is 3. The molecule has 0 radical (unpaired) electrons. The second-order valence-electron chi connectivity index (χ2n) is 9.89. The quantitative estimate of drug-likeness (QED) is 0.746. The molecule has 1 saturated heterocycles. The molecular weight excluding hydrogens is 413 g/mol. The van der Waals surface area contributed by atoms with Crippen LogP contribution in [0.4, 0.5) is 18.0 Å². The predicted molar refractivity (Wildman–Crippen MR) is 107 cm³/mol. The average Bonchev–Trinajstić information content (AvgIpc) is 3.12. The van der Waals surface area contributed by atoms with Gasteiger partial charge in [0.25, 0.3) is 0 Å². The molecule has 1 aliphatic carbocycles. The van der Waals surface area contributed by atoms with E-state index in [1.807, 2.05) is 0 Å². The van der Waals surface area contributed by atoms with E-state index in [4.69, 9.17) is 9.47 Å². The van der Waals surface area contributed by atoms with Crippen molar-refractivity contribution < 1.29 is 32.2 Å². The molecule has 1 aromatic rings. The van der Waals surface area contributed by atoms with Gasteiger partial charge < -0.3 is 19.7 Å². The molecule has 9 heteroatoms. The number of piperidine rings is 1. The Kier molecular flexibility index (Phi) is 5.92. The van der Waals surface area contributed by atoms with Crippen molar-refractivity contribution in [1.29, 1.82) is 0 Å². The fourth-order valence-corrected chi connectivity index (χ4v) is 3.93. The van der Waals surface area contributed by atoms with Crippen LogP contribution in [0.1, 0.15) is 40.2 Å². The number of carbonyl (C=O) groups excluding carboxylic acids is 2. The number of benzene rings is 1. The highest BCUT2D eigenvalue weighted by Gasteiger charge is 2.61. The summed E-state index contributed by atoms with van der Waals surface area (Å²) in [5.74, 6) is -0.490. The van der Waals surface area contributed by atoms with Crippen LogP contribution in [0.25, 0.3) is 0 Å². The van der Waals surface area contributed by atoms with E-state index < -0.39 is 22.9 Å². The lowest BCUT2D eigenvalue weighted by atomic mass is 10.1. The highest BCUT2D eigenvalue weighted by molar-refractivity contribution is 5.84. The molecule has 1 N–H and O–H groups in total. The minimum atomic E-state index is -4.52. The van der Waals surface area contributed by atoms with Crippen molar-refractivity contribution in [1.82, 2.24) is 10.2 Å². The van der Waals surface area contributed by atoms with E-state index in [0.29, 0.717) is 13.1 Å². The highest BCUT2D eigenvalue weighted by Crippen LogP contribution is 2.52. The molecule has 0 spiro atoms. The summed E-state index contributed by atoms with van der Waals surface area (Å²) >= 11 is 0. The van der Waals surface area contributed by atoms with Crippen molar-refractivity contribution in [2.75, 3.05) is 19.7 Å². The van der Waals surface area contributed by atoms with Gasteiger partial charge in [-0.15, -0.1) is 0 Å². The van der Waals surface area contributed by atoms with Crippen LogP contribution in [0, 0.1) is 17.8 Å². The third kappa shape index (κ3) is 5.62. The molecule has 1 aromatic carbocycles. The van der Waals surface area contributed by atoms with Gasteiger partial charge >= 0.3 is 12.3 Å². The Morgan fingerprint density at radius 3 is 2.19 bits per heavy atom. The zero-order valence-electron chi connectivity index (χ0n) is 18.4. The van der Waals surface area contributed by atoms with Crippen LogP contribution in [0.15, 0.2) is 24.3 Å². The zero-order valence-corrected chi connectivity index (χ0v) is 18.4. The number of fused-ring (bicyclic) bond motifs is 1. The second-order valence-corrected chi connectivity index (χ2v) is 9.89. The van der Waals surface area contributed by atoms with Gasteiger partial charge in [-0.3, -0.25) is 4.79 Å². The van der Waals surface area contributed by atoms with Gasteiger partial charge in [0.1, 0.15) is 18.0 Å². The largest absolute Gasteiger partial charge is 0.491 e. The van der Waals surface area contributed by atoms with E-state index in [0.717, 1.165) is 6.07 Å². The number of nitrogens with one attached hydrogen (secondary N) is 1. The zero-order chi connectivity index (χ0) is 23.2. The van der Waals surface area contributed by atoms with Gasteiger partial charge in [0.2, 0.25) is 5.91 Å². The summed E-state index contributed by atoms with van der Waals surface area (Å²) < 4.78 is 50.1. The number of carbonyl (C=O) groups is 2. The minimum absolute atomic E-state index is 0.0789. The maximum Gasteiger partial charge on any atom is 0.419 e. The number of amides is 2. The van der Waals surface area contributed by atoms with Gasteiger partial charge in [-0.25, -0.2) is 4.79 Å². The fourth-order valence-electron chi connectivity index (χ4n) is 3.93. The molecule has 6 nitrogen and oxygen atoms in total. The molecule has 2 atom stereocenters. The third-order valence-corrected chi connectivity index (χ3v) is 5.39. The molecular formula is C22H29F3N2O4. The Hall–Kier alpha value is -2.45. The molecule has 2 unspecified atom stereocenters. The first kappa shape index (κ1) is 23.2. The van der Waals surface area contributed by atoms with Crippen LogP contribution in [0.3, 0.4) is 0 Å². The molecule has 0 aromatic heterocycles. The first-order valence-electron chi connectivity index (χ1n) is 10.3. The summed E-state index contributed by atoms with van der Waals surface area (Å²) in [7, 11) is 0. The van der Waals surface area contributed by atoms with Gasteiger partial charge in [-0.2, -0.15) is 13.2 Å². The maximum absolute atomic E-state index is 13.1. The summed E-state index contributed by atoms with van der Waals surface area (Å²) in [6.07, 6.45) is -4.90. The number of hydrogen-bond acceptors (Lipinski definition) is 4. The van der Waals surface area contributed by atoms with E-state index >= 15 is 0 Å². The maximum atomic E-state index is 13.1. The minimum Gasteiger partial charge on any atom is -0.491 e. The number of likely N-dealkylation sites (tertiary alicyclic amines) is 1. The number of rotatable bonds is 5. The first-order chi connectivity index (χ1) is 14.2. The van der Waals surface area contributed by atoms with Gasteiger partial charge in [0.05, 0.1) is 11.1 Å². The molecule has 0 bridgehead atoms. The monoisotopic (exact) mass is 442 g/mol. The van der Waals surface area contributed by atoms with Crippen molar-refractivity contribution in [3.63, 3.8) is 0 Å². The molecule has 1 heterocycles. The Labute approximate surface area is 180 Å². The SMILES string of the molecule is CC(C)(COc1ccccc1C(F)(F)F)NC(=O)C1C2CN(C(=O)OC(C)(C)C)CC21.